The summed E-state index contributed by atoms with van der Waals surface area (Å²) >= 11 is 0. The molecule has 0 bridgehead atoms. The van der Waals surface area contributed by atoms with Crippen molar-refractivity contribution in [3.05, 3.63) is 0 Å². The molecule has 6 nitrogen and oxygen atoms in total. The summed E-state index contributed by atoms with van der Waals surface area (Å²) in [7, 11) is -1.72. The topological polar surface area (TPSA) is 89.7 Å². The third-order valence-corrected chi connectivity index (χ3v) is 5.75. The van der Waals surface area contributed by atoms with Crippen molar-refractivity contribution in [1.82, 2.24) is 4.90 Å². The Balaban J connectivity index is 1.90. The maximum Gasteiger partial charge on any atom is 0.222 e. The van der Waals surface area contributed by atoms with E-state index in [4.69, 9.17) is 9.88 Å². The van der Waals surface area contributed by atoms with Crippen molar-refractivity contribution in [2.24, 2.45) is 10.6 Å². The molecule has 21 heavy (non-hydrogen) atoms. The van der Waals surface area contributed by atoms with Gasteiger partial charge in [-0.1, -0.05) is 6.42 Å². The van der Waals surface area contributed by atoms with Gasteiger partial charge >= 0.3 is 0 Å². The number of nitrogens with two attached hydrogens (primary N) is 1. The summed E-state index contributed by atoms with van der Waals surface area (Å²) in [5, 5.41) is 4.96. The summed E-state index contributed by atoms with van der Waals surface area (Å²) < 4.78 is 27.4. The molecule has 1 saturated heterocycles. The second kappa shape index (κ2) is 6.62. The van der Waals surface area contributed by atoms with E-state index in [9.17, 15) is 13.2 Å². The molecule has 1 spiro atoms. The zero-order valence-electron chi connectivity index (χ0n) is 12.7. The van der Waals surface area contributed by atoms with Crippen LogP contribution in [0.4, 0.5) is 0 Å². The number of amides is 1. The van der Waals surface area contributed by atoms with Crippen LogP contribution in [0, 0.1) is 5.41 Å². The van der Waals surface area contributed by atoms with Crippen LogP contribution in [0.2, 0.25) is 0 Å². The molecule has 1 aliphatic heterocycles. The lowest BCUT2D eigenvalue weighted by atomic mass is 9.76. The average Bonchev–Trinajstić information content (AvgIpc) is 2.79. The Morgan fingerprint density at radius 3 is 2.76 bits per heavy atom. The number of likely N-dealkylation sites (tertiary alicyclic amines) is 1. The Hall–Kier alpha value is -0.660. The number of carbonyl (C=O) groups is 1. The first kappa shape index (κ1) is 16.7. The molecule has 0 radical (unpaired) electrons. The van der Waals surface area contributed by atoms with Crippen LogP contribution < -0.4 is 5.14 Å². The van der Waals surface area contributed by atoms with E-state index >= 15 is 0 Å². The highest BCUT2D eigenvalue weighted by molar-refractivity contribution is 7.89. The van der Waals surface area contributed by atoms with Gasteiger partial charge in [-0.2, -0.15) is 0 Å². The van der Waals surface area contributed by atoms with Gasteiger partial charge in [0, 0.05) is 32.0 Å². The zero-order chi connectivity index (χ0) is 15.5. The maximum atomic E-state index is 12.3. The molecule has 0 aromatic heterocycles. The van der Waals surface area contributed by atoms with Crippen LogP contribution in [0.25, 0.3) is 0 Å². The summed E-state index contributed by atoms with van der Waals surface area (Å²) in [5.41, 5.74) is 0.114. The monoisotopic (exact) mass is 318 g/mol. The minimum Gasteiger partial charge on any atom is -0.381 e. The summed E-state index contributed by atoms with van der Waals surface area (Å²) in [6, 6.07) is 0. The van der Waals surface area contributed by atoms with Crippen molar-refractivity contribution in [3.8, 4) is 0 Å². The summed E-state index contributed by atoms with van der Waals surface area (Å²) in [6.45, 7) is 1.52. The Morgan fingerprint density at radius 2 is 2.10 bits per heavy atom. The lowest BCUT2D eigenvalue weighted by Gasteiger charge is -2.43. The van der Waals surface area contributed by atoms with Gasteiger partial charge in [-0.3, -0.25) is 4.79 Å². The zero-order valence-corrected chi connectivity index (χ0v) is 13.5. The molecule has 1 saturated carbocycles. The van der Waals surface area contributed by atoms with E-state index in [1.807, 2.05) is 4.90 Å². The van der Waals surface area contributed by atoms with E-state index in [2.05, 4.69) is 0 Å². The number of hydrogen-bond acceptors (Lipinski definition) is 4. The molecule has 0 unspecified atom stereocenters. The minimum atomic E-state index is -3.48. The Kier molecular flexibility index (Phi) is 5.27. The van der Waals surface area contributed by atoms with Gasteiger partial charge in [0.05, 0.1) is 11.9 Å². The first-order valence-electron chi connectivity index (χ1n) is 7.67. The predicted octanol–water partition coefficient (Wildman–Crippen LogP) is 0.863. The van der Waals surface area contributed by atoms with E-state index in [1.54, 1.807) is 7.11 Å². The van der Waals surface area contributed by atoms with E-state index in [-0.39, 0.29) is 29.6 Å². The minimum absolute atomic E-state index is 0.0412. The van der Waals surface area contributed by atoms with Crippen LogP contribution in [0.3, 0.4) is 0 Å². The van der Waals surface area contributed by atoms with Gasteiger partial charge in [0.1, 0.15) is 0 Å². The fourth-order valence-corrected chi connectivity index (χ4v) is 4.44. The van der Waals surface area contributed by atoms with Gasteiger partial charge in [0.2, 0.25) is 15.9 Å². The van der Waals surface area contributed by atoms with Crippen molar-refractivity contribution in [3.63, 3.8) is 0 Å². The molecule has 2 rings (SSSR count). The predicted molar refractivity (Wildman–Crippen MR) is 80.1 cm³/mol. The van der Waals surface area contributed by atoms with Crippen LogP contribution in [0.15, 0.2) is 0 Å². The highest BCUT2D eigenvalue weighted by Gasteiger charge is 2.46. The average molecular weight is 318 g/mol. The molecule has 0 aromatic rings. The van der Waals surface area contributed by atoms with E-state index in [0.717, 1.165) is 45.2 Å². The first-order chi connectivity index (χ1) is 9.86. The molecule has 2 aliphatic rings. The molecule has 7 heteroatoms. The highest BCUT2D eigenvalue weighted by atomic mass is 32.2. The fourth-order valence-electron chi connectivity index (χ4n) is 3.90. The molecule has 2 atom stereocenters. The summed E-state index contributed by atoms with van der Waals surface area (Å²) in [4.78, 5) is 14.2. The largest absolute Gasteiger partial charge is 0.381 e. The number of methoxy groups -OCH3 is 1. The van der Waals surface area contributed by atoms with E-state index in [1.165, 1.54) is 0 Å². The lowest BCUT2D eigenvalue weighted by molar-refractivity contribution is -0.137. The van der Waals surface area contributed by atoms with Crippen LogP contribution in [-0.4, -0.2) is 51.3 Å². The Labute approximate surface area is 127 Å². The van der Waals surface area contributed by atoms with Crippen molar-refractivity contribution in [2.45, 2.75) is 51.0 Å². The highest BCUT2D eigenvalue weighted by Crippen LogP contribution is 2.46. The van der Waals surface area contributed by atoms with Crippen LogP contribution in [0.1, 0.15) is 44.9 Å². The summed E-state index contributed by atoms with van der Waals surface area (Å²) in [5.74, 6) is -0.0854. The lowest BCUT2D eigenvalue weighted by Crippen LogP contribution is -2.49. The molecule has 2 N–H and O–H groups in total. The third-order valence-electron chi connectivity index (χ3n) is 4.89. The number of carbonyl (C=O) groups excluding carboxylic acids is 1. The number of nitrogens with zero attached hydrogens (tertiary/aromatic N) is 1. The fraction of sp³-hybridized carbons (Fsp3) is 0.929. The molecular weight excluding hydrogens is 292 g/mol. The first-order valence-corrected chi connectivity index (χ1v) is 9.39. The van der Waals surface area contributed by atoms with Crippen molar-refractivity contribution < 1.29 is 17.9 Å². The molecule has 1 aliphatic carbocycles. The van der Waals surface area contributed by atoms with Crippen LogP contribution in [0.5, 0.6) is 0 Å². The van der Waals surface area contributed by atoms with Gasteiger partial charge in [-0.05, 0) is 32.1 Å². The van der Waals surface area contributed by atoms with Crippen molar-refractivity contribution in [1.29, 1.82) is 0 Å². The molecule has 122 valence electrons. The number of hydrogen-bond donors (Lipinski definition) is 1. The van der Waals surface area contributed by atoms with Crippen molar-refractivity contribution >= 4 is 15.9 Å². The van der Waals surface area contributed by atoms with Gasteiger partial charge in [-0.15, -0.1) is 0 Å². The number of piperidine rings is 1. The normalized spacial score (nSPS) is 30.0. The second-order valence-corrected chi connectivity index (χ2v) is 8.10. The molecular formula is C14H26N2O4S. The van der Waals surface area contributed by atoms with E-state index in [0.29, 0.717) is 6.42 Å². The molecule has 0 aromatic carbocycles. The van der Waals surface area contributed by atoms with Crippen LogP contribution >= 0.6 is 0 Å². The molecule has 1 amide bonds. The van der Waals surface area contributed by atoms with Gasteiger partial charge in [0.15, 0.2) is 0 Å². The molecule has 1 heterocycles. The van der Waals surface area contributed by atoms with Crippen molar-refractivity contribution in [2.75, 3.05) is 26.0 Å². The maximum absolute atomic E-state index is 12.3. The number of sulfonamides is 1. The Bertz CT molecular complexity index is 479. The smallest absolute Gasteiger partial charge is 0.222 e. The van der Waals surface area contributed by atoms with Gasteiger partial charge in [-0.25, -0.2) is 13.6 Å². The Morgan fingerprint density at radius 1 is 1.38 bits per heavy atom. The number of ether oxygens (including phenoxy) is 1. The van der Waals surface area contributed by atoms with Gasteiger partial charge < -0.3 is 9.64 Å². The summed E-state index contributed by atoms with van der Waals surface area (Å²) in [6.07, 6.45) is 6.27. The van der Waals surface area contributed by atoms with E-state index < -0.39 is 10.0 Å². The number of rotatable bonds is 5. The number of primary sulfonamides is 1. The second-order valence-electron chi connectivity index (χ2n) is 6.37. The third kappa shape index (κ3) is 4.17. The molecule has 2 fully saturated rings. The van der Waals surface area contributed by atoms with Crippen LogP contribution in [-0.2, 0) is 19.6 Å². The SMILES string of the molecule is CO[C@@H]1CCC[C@]12CCCN(C(=O)CCCS(N)(=O)=O)C2. The standard InChI is InChI=1S/C14H26N2O4S/c1-20-12-5-2-7-14(12)8-4-9-16(11-14)13(17)6-3-10-21(15,18)19/h12H,2-11H2,1H3,(H2,15,18,19)/t12-,14-/m1/s1. The van der Waals surface area contributed by atoms with Gasteiger partial charge in [0.25, 0.3) is 0 Å². The quantitative estimate of drug-likeness (QED) is 0.814.